The number of piperidine rings is 1. The lowest BCUT2D eigenvalue weighted by Crippen LogP contribution is -2.39. The van der Waals surface area contributed by atoms with Crippen LogP contribution < -0.4 is 5.32 Å². The second-order valence-electron chi connectivity index (χ2n) is 7.07. The van der Waals surface area contributed by atoms with Crippen LogP contribution in [0.15, 0.2) is 29.2 Å². The molecule has 1 amide bonds. The van der Waals surface area contributed by atoms with Crippen molar-refractivity contribution >= 4 is 15.7 Å². The molecule has 0 aromatic heterocycles. The van der Waals surface area contributed by atoms with Gasteiger partial charge in [-0.3, -0.25) is 4.79 Å². The fourth-order valence-corrected chi connectivity index (χ4v) is 4.92. The molecule has 1 N–H and O–H groups in total. The number of hydrogen-bond acceptors (Lipinski definition) is 3. The van der Waals surface area contributed by atoms with E-state index in [9.17, 15) is 13.2 Å². The number of sulfone groups is 1. The average molecular weight is 366 g/mol. The van der Waals surface area contributed by atoms with Crippen LogP contribution in [-0.2, 0) is 21.1 Å². The third-order valence-electron chi connectivity index (χ3n) is 4.92. The third-order valence-corrected chi connectivity index (χ3v) is 6.75. The molecule has 5 heteroatoms. The summed E-state index contributed by atoms with van der Waals surface area (Å²) in [6.45, 7) is 2.87. The molecule has 1 aromatic carbocycles. The minimum atomic E-state index is -3.41. The summed E-state index contributed by atoms with van der Waals surface area (Å²) in [6.07, 6.45) is 10.0. The van der Waals surface area contributed by atoms with Gasteiger partial charge < -0.3 is 5.32 Å². The molecule has 1 atom stereocenters. The zero-order valence-electron chi connectivity index (χ0n) is 15.3. The Morgan fingerprint density at radius 1 is 1.04 bits per heavy atom. The zero-order valence-corrected chi connectivity index (χ0v) is 16.1. The number of aryl methyl sites for hydroxylation is 1. The van der Waals surface area contributed by atoms with E-state index in [1.165, 1.54) is 37.7 Å². The van der Waals surface area contributed by atoms with Gasteiger partial charge in [0.2, 0.25) is 5.91 Å². The van der Waals surface area contributed by atoms with Crippen LogP contribution in [0.3, 0.4) is 0 Å². The molecule has 0 radical (unpaired) electrons. The summed E-state index contributed by atoms with van der Waals surface area (Å²) in [5.41, 5.74) is 1.19. The Labute approximate surface area is 152 Å². The van der Waals surface area contributed by atoms with Crippen molar-refractivity contribution in [1.82, 2.24) is 5.32 Å². The van der Waals surface area contributed by atoms with Crippen molar-refractivity contribution in [2.45, 2.75) is 69.6 Å². The van der Waals surface area contributed by atoms with Crippen molar-refractivity contribution in [3.05, 3.63) is 29.8 Å². The normalized spacial score (nSPS) is 18.1. The van der Waals surface area contributed by atoms with Crippen molar-refractivity contribution in [2.24, 2.45) is 5.92 Å². The van der Waals surface area contributed by atoms with Crippen LogP contribution in [0.4, 0.5) is 0 Å². The van der Waals surface area contributed by atoms with Gasteiger partial charge in [0.05, 0.1) is 16.6 Å². The van der Waals surface area contributed by atoms with Crippen LogP contribution in [-0.4, -0.2) is 26.6 Å². The summed E-state index contributed by atoms with van der Waals surface area (Å²) < 4.78 is 25.1. The Morgan fingerprint density at radius 3 is 2.40 bits per heavy atom. The largest absolute Gasteiger partial charge is 0.356 e. The Kier molecular flexibility index (Phi) is 7.94. The standard InChI is InChI=1S/C20H31NO3S/c1-2-3-4-5-6-7-9-17-11-13-19(14-12-17)25(23,24)16-18-10-8-15-21-20(18)22/h11-14,18H,2-10,15-16H2,1H3,(H,21,22)/t18-/m0/s1. The molecule has 0 aliphatic carbocycles. The molecule has 0 bridgehead atoms. The van der Waals surface area contributed by atoms with E-state index in [0.29, 0.717) is 17.9 Å². The van der Waals surface area contributed by atoms with Gasteiger partial charge in [0.15, 0.2) is 9.84 Å². The molecular weight excluding hydrogens is 334 g/mol. The number of rotatable bonds is 10. The molecule has 0 saturated carbocycles. The summed E-state index contributed by atoms with van der Waals surface area (Å²) in [5.74, 6) is -0.633. The first-order valence-electron chi connectivity index (χ1n) is 9.62. The highest BCUT2D eigenvalue weighted by Gasteiger charge is 2.28. The van der Waals surface area contributed by atoms with E-state index in [1.807, 2.05) is 12.1 Å². The fraction of sp³-hybridized carbons (Fsp3) is 0.650. The van der Waals surface area contributed by atoms with Crippen molar-refractivity contribution < 1.29 is 13.2 Å². The summed E-state index contributed by atoms with van der Waals surface area (Å²) >= 11 is 0. The smallest absolute Gasteiger partial charge is 0.224 e. The lowest BCUT2D eigenvalue weighted by molar-refractivity contribution is -0.125. The van der Waals surface area contributed by atoms with Crippen molar-refractivity contribution in [1.29, 1.82) is 0 Å². The molecule has 0 spiro atoms. The first-order chi connectivity index (χ1) is 12.0. The van der Waals surface area contributed by atoms with E-state index >= 15 is 0 Å². The minimum Gasteiger partial charge on any atom is -0.356 e. The number of unbranched alkanes of at least 4 members (excludes halogenated alkanes) is 5. The van der Waals surface area contributed by atoms with E-state index in [-0.39, 0.29) is 11.7 Å². The van der Waals surface area contributed by atoms with Gasteiger partial charge in [-0.25, -0.2) is 8.42 Å². The first-order valence-corrected chi connectivity index (χ1v) is 11.3. The van der Waals surface area contributed by atoms with Gasteiger partial charge in [0.1, 0.15) is 0 Å². The Balaban J connectivity index is 1.84. The van der Waals surface area contributed by atoms with Crippen molar-refractivity contribution in [3.63, 3.8) is 0 Å². The van der Waals surface area contributed by atoms with Gasteiger partial charge in [-0.1, -0.05) is 51.2 Å². The SMILES string of the molecule is CCCCCCCCc1ccc(S(=O)(=O)C[C@@H]2CCCNC2=O)cc1. The molecule has 4 nitrogen and oxygen atoms in total. The molecule has 1 heterocycles. The molecule has 25 heavy (non-hydrogen) atoms. The Hall–Kier alpha value is -1.36. The van der Waals surface area contributed by atoms with Gasteiger partial charge in [-0.15, -0.1) is 0 Å². The van der Waals surface area contributed by atoms with Crippen molar-refractivity contribution in [3.8, 4) is 0 Å². The quantitative estimate of drug-likeness (QED) is 0.640. The summed E-state index contributed by atoms with van der Waals surface area (Å²) in [4.78, 5) is 12.1. The number of nitrogens with one attached hydrogen (secondary N) is 1. The van der Waals surface area contributed by atoms with Gasteiger partial charge in [0.25, 0.3) is 0 Å². The zero-order chi connectivity index (χ0) is 18.1. The Bertz CT molecular complexity index is 637. The van der Waals surface area contributed by atoms with E-state index in [2.05, 4.69) is 12.2 Å². The summed E-state index contributed by atoms with van der Waals surface area (Å²) in [7, 11) is -3.41. The molecule has 0 unspecified atom stereocenters. The summed E-state index contributed by atoms with van der Waals surface area (Å²) in [6, 6.07) is 7.23. The van der Waals surface area contributed by atoms with Gasteiger partial charge in [-0.05, 0) is 43.4 Å². The first kappa shape index (κ1) is 20.0. The van der Waals surface area contributed by atoms with Crippen LogP contribution in [0.5, 0.6) is 0 Å². The van der Waals surface area contributed by atoms with E-state index in [4.69, 9.17) is 0 Å². The van der Waals surface area contributed by atoms with Gasteiger partial charge in [-0.2, -0.15) is 0 Å². The highest BCUT2D eigenvalue weighted by Crippen LogP contribution is 2.20. The van der Waals surface area contributed by atoms with Gasteiger partial charge >= 0.3 is 0 Å². The molecular formula is C20H31NO3S. The highest BCUT2D eigenvalue weighted by atomic mass is 32.2. The van der Waals surface area contributed by atoms with E-state index in [0.717, 1.165) is 19.3 Å². The van der Waals surface area contributed by atoms with E-state index in [1.54, 1.807) is 12.1 Å². The number of carbonyl (C=O) groups is 1. The number of amides is 1. The molecule has 1 fully saturated rings. The molecule has 140 valence electrons. The van der Waals surface area contributed by atoms with Crippen LogP contribution in [0, 0.1) is 5.92 Å². The average Bonchev–Trinajstić information content (AvgIpc) is 2.60. The second kappa shape index (κ2) is 9.95. The third kappa shape index (κ3) is 6.46. The lowest BCUT2D eigenvalue weighted by atomic mass is 10.0. The predicted molar refractivity (Wildman–Crippen MR) is 101 cm³/mol. The maximum absolute atomic E-state index is 12.5. The van der Waals surface area contributed by atoms with Crippen LogP contribution in [0.1, 0.15) is 63.9 Å². The Morgan fingerprint density at radius 2 is 1.72 bits per heavy atom. The van der Waals surface area contributed by atoms with Crippen molar-refractivity contribution in [2.75, 3.05) is 12.3 Å². The highest BCUT2D eigenvalue weighted by molar-refractivity contribution is 7.91. The maximum Gasteiger partial charge on any atom is 0.224 e. The number of benzene rings is 1. The van der Waals surface area contributed by atoms with Gasteiger partial charge in [0, 0.05) is 6.54 Å². The van der Waals surface area contributed by atoms with E-state index < -0.39 is 15.8 Å². The molecule has 1 aliphatic heterocycles. The topological polar surface area (TPSA) is 63.2 Å². The number of carbonyl (C=O) groups excluding carboxylic acids is 1. The molecule has 2 rings (SSSR count). The molecule has 1 aromatic rings. The maximum atomic E-state index is 12.5. The van der Waals surface area contributed by atoms with Crippen LogP contribution in [0.25, 0.3) is 0 Å². The van der Waals surface area contributed by atoms with Crippen LogP contribution in [0.2, 0.25) is 0 Å². The molecule has 1 saturated heterocycles. The number of hydrogen-bond donors (Lipinski definition) is 1. The predicted octanol–water partition coefficient (Wildman–Crippen LogP) is 3.89. The fourth-order valence-electron chi connectivity index (χ4n) is 3.33. The second-order valence-corrected chi connectivity index (χ2v) is 9.11. The molecule has 1 aliphatic rings. The van der Waals surface area contributed by atoms with Crippen LogP contribution >= 0.6 is 0 Å². The summed E-state index contributed by atoms with van der Waals surface area (Å²) in [5, 5.41) is 2.75. The minimum absolute atomic E-state index is 0.0877. The monoisotopic (exact) mass is 365 g/mol. The lowest BCUT2D eigenvalue weighted by Gasteiger charge is -2.21.